The molecule has 4 N–H and O–H groups in total. The van der Waals surface area contributed by atoms with Crippen LogP contribution in [-0.2, 0) is 16.1 Å². The van der Waals surface area contributed by atoms with Gasteiger partial charge in [-0.1, -0.05) is 12.1 Å². The molecule has 3 atom stereocenters. The number of aromatic nitrogens is 2. The molecule has 2 fully saturated rings. The predicted octanol–water partition coefficient (Wildman–Crippen LogP) is 0.698. The van der Waals surface area contributed by atoms with Crippen LogP contribution in [0.2, 0.25) is 0 Å². The van der Waals surface area contributed by atoms with Gasteiger partial charge in [0.05, 0.1) is 6.20 Å². The summed E-state index contributed by atoms with van der Waals surface area (Å²) >= 11 is 0. The summed E-state index contributed by atoms with van der Waals surface area (Å²) in [5.41, 5.74) is 6.81. The average molecular weight is 414 g/mol. The van der Waals surface area contributed by atoms with Gasteiger partial charge in [-0.05, 0) is 44.4 Å². The van der Waals surface area contributed by atoms with Gasteiger partial charge in [0.1, 0.15) is 23.6 Å². The van der Waals surface area contributed by atoms with E-state index in [4.69, 9.17) is 5.73 Å². The number of fused-ring (bicyclic) bond motifs is 1. The van der Waals surface area contributed by atoms with Gasteiger partial charge in [-0.25, -0.2) is 9.07 Å². The number of halogens is 1. The van der Waals surface area contributed by atoms with Crippen molar-refractivity contribution in [2.75, 3.05) is 13.1 Å². The van der Waals surface area contributed by atoms with Crippen LogP contribution in [0.1, 0.15) is 31.2 Å². The second-order valence-corrected chi connectivity index (χ2v) is 7.91. The van der Waals surface area contributed by atoms with Crippen molar-refractivity contribution in [1.82, 2.24) is 25.3 Å². The Morgan fingerprint density at radius 2 is 2.10 bits per heavy atom. The van der Waals surface area contributed by atoms with Crippen LogP contribution in [0.3, 0.4) is 0 Å². The van der Waals surface area contributed by atoms with Crippen molar-refractivity contribution in [3.63, 3.8) is 0 Å². The maximum Gasteiger partial charge on any atom is 0.245 e. The van der Waals surface area contributed by atoms with Crippen LogP contribution in [-0.4, -0.2) is 57.7 Å². The summed E-state index contributed by atoms with van der Waals surface area (Å²) in [7, 11) is 0. The highest BCUT2D eigenvalue weighted by Crippen LogP contribution is 2.24. The molecule has 0 aliphatic carbocycles. The number of benzene rings is 1. The summed E-state index contributed by atoms with van der Waals surface area (Å²) < 4.78 is 15.4. The quantitative estimate of drug-likeness (QED) is 0.552. The molecule has 4 rings (SSSR count). The lowest BCUT2D eigenvalue weighted by Crippen LogP contribution is -2.61. The molecule has 8 nitrogen and oxygen atoms in total. The zero-order chi connectivity index (χ0) is 21.1. The summed E-state index contributed by atoms with van der Waals surface area (Å²) in [4.78, 5) is 26.9. The lowest BCUT2D eigenvalue weighted by atomic mass is 10.0. The SMILES string of the molecule is NCCCC[C@@H]1NC(=O)[C@@H]2C[C@H](NCc3cnn(-c4ccccc4F)c3)CN2C1=O. The highest BCUT2D eigenvalue weighted by molar-refractivity contribution is 5.97. The van der Waals surface area contributed by atoms with Crippen molar-refractivity contribution in [3.8, 4) is 5.69 Å². The normalized spacial score (nSPS) is 23.5. The first-order chi connectivity index (χ1) is 14.6. The molecule has 1 aromatic heterocycles. The summed E-state index contributed by atoms with van der Waals surface area (Å²) in [6.07, 6.45) is 6.33. The van der Waals surface area contributed by atoms with Crippen LogP contribution >= 0.6 is 0 Å². The first-order valence-electron chi connectivity index (χ1n) is 10.4. The number of rotatable bonds is 8. The standard InChI is InChI=1S/C21H27FN6O2/c22-16-5-1-2-7-18(16)28-12-14(11-25-28)10-24-15-9-19-20(29)26-17(6-3-4-8-23)21(30)27(19)13-15/h1-2,5,7,11-12,15,17,19,24H,3-4,6,8-10,13,23H2,(H,26,29)/t15-,17-,19-/m0/s1. The maximum absolute atomic E-state index is 13.9. The van der Waals surface area contributed by atoms with Crippen molar-refractivity contribution in [2.24, 2.45) is 5.73 Å². The second-order valence-electron chi connectivity index (χ2n) is 7.91. The molecule has 3 heterocycles. The van der Waals surface area contributed by atoms with Crippen molar-refractivity contribution in [2.45, 2.75) is 50.4 Å². The first kappa shape index (κ1) is 20.5. The predicted molar refractivity (Wildman–Crippen MR) is 109 cm³/mol. The molecule has 2 aliphatic heterocycles. The fraction of sp³-hybridized carbons (Fsp3) is 0.476. The van der Waals surface area contributed by atoms with Gasteiger partial charge >= 0.3 is 0 Å². The number of hydrogen-bond donors (Lipinski definition) is 3. The van der Waals surface area contributed by atoms with Gasteiger partial charge in [0.2, 0.25) is 11.8 Å². The first-order valence-corrected chi connectivity index (χ1v) is 10.4. The second kappa shape index (κ2) is 8.93. The number of unbranched alkanes of at least 4 members (excludes halogenated alkanes) is 1. The monoisotopic (exact) mass is 414 g/mol. The molecule has 2 aromatic rings. The molecule has 2 saturated heterocycles. The zero-order valence-corrected chi connectivity index (χ0v) is 16.8. The fourth-order valence-electron chi connectivity index (χ4n) is 4.18. The summed E-state index contributed by atoms with van der Waals surface area (Å²) in [6, 6.07) is 5.62. The molecule has 0 radical (unpaired) electrons. The van der Waals surface area contributed by atoms with Crippen LogP contribution in [0.5, 0.6) is 0 Å². The van der Waals surface area contributed by atoms with E-state index in [0.29, 0.717) is 38.2 Å². The topological polar surface area (TPSA) is 105 Å². The van der Waals surface area contributed by atoms with Crippen LogP contribution in [0.4, 0.5) is 4.39 Å². The van der Waals surface area contributed by atoms with Gasteiger partial charge in [-0.2, -0.15) is 5.10 Å². The van der Waals surface area contributed by atoms with Gasteiger partial charge in [0.25, 0.3) is 0 Å². The molecule has 1 aromatic carbocycles. The smallest absolute Gasteiger partial charge is 0.245 e. The molecule has 2 amide bonds. The van der Waals surface area contributed by atoms with E-state index >= 15 is 0 Å². The molecular formula is C21H27FN6O2. The Morgan fingerprint density at radius 3 is 2.90 bits per heavy atom. The maximum atomic E-state index is 13.9. The van der Waals surface area contributed by atoms with E-state index in [2.05, 4.69) is 15.7 Å². The third kappa shape index (κ3) is 4.22. The Bertz CT molecular complexity index is 916. The van der Waals surface area contributed by atoms with Crippen molar-refractivity contribution in [1.29, 1.82) is 0 Å². The molecule has 160 valence electrons. The van der Waals surface area contributed by atoms with E-state index in [1.165, 1.54) is 10.7 Å². The van der Waals surface area contributed by atoms with Crippen LogP contribution in [0.15, 0.2) is 36.7 Å². The van der Waals surface area contributed by atoms with Crippen LogP contribution < -0.4 is 16.4 Å². The lowest BCUT2D eigenvalue weighted by molar-refractivity contribution is -0.147. The number of carbonyl (C=O) groups is 2. The molecule has 0 bridgehead atoms. The fourth-order valence-corrected chi connectivity index (χ4v) is 4.18. The Hall–Kier alpha value is -2.78. The largest absolute Gasteiger partial charge is 0.343 e. The molecule has 9 heteroatoms. The minimum atomic E-state index is -0.446. The van der Waals surface area contributed by atoms with Gasteiger partial charge in [-0.3, -0.25) is 9.59 Å². The lowest BCUT2D eigenvalue weighted by Gasteiger charge is -2.34. The summed E-state index contributed by atoms with van der Waals surface area (Å²) in [5.74, 6) is -0.421. The van der Waals surface area contributed by atoms with Gasteiger partial charge < -0.3 is 21.3 Å². The number of nitrogens with one attached hydrogen (secondary N) is 2. The number of amides is 2. The van der Waals surface area contributed by atoms with E-state index < -0.39 is 12.1 Å². The molecule has 2 aliphatic rings. The Morgan fingerprint density at radius 1 is 1.27 bits per heavy atom. The minimum Gasteiger partial charge on any atom is -0.343 e. The molecular weight excluding hydrogens is 387 g/mol. The zero-order valence-electron chi connectivity index (χ0n) is 16.8. The van der Waals surface area contributed by atoms with Crippen LogP contribution in [0, 0.1) is 5.82 Å². The van der Waals surface area contributed by atoms with Gasteiger partial charge in [0, 0.05) is 30.9 Å². The number of para-hydroxylation sites is 1. The molecule has 0 unspecified atom stereocenters. The minimum absolute atomic E-state index is 0.00621. The average Bonchev–Trinajstić information content (AvgIpc) is 3.38. The molecule has 30 heavy (non-hydrogen) atoms. The Balaban J connectivity index is 1.34. The van der Waals surface area contributed by atoms with E-state index in [9.17, 15) is 14.0 Å². The van der Waals surface area contributed by atoms with Crippen LogP contribution in [0.25, 0.3) is 5.69 Å². The van der Waals surface area contributed by atoms with Crippen molar-refractivity contribution in [3.05, 3.63) is 48.0 Å². The highest BCUT2D eigenvalue weighted by Gasteiger charge is 2.45. The van der Waals surface area contributed by atoms with E-state index in [1.807, 2.05) is 0 Å². The number of piperazine rings is 1. The highest BCUT2D eigenvalue weighted by atomic mass is 19.1. The van der Waals surface area contributed by atoms with Gasteiger partial charge in [-0.15, -0.1) is 0 Å². The number of nitrogens with two attached hydrogens (primary N) is 1. The number of carbonyl (C=O) groups excluding carboxylic acids is 2. The Labute approximate surface area is 174 Å². The number of nitrogens with zero attached hydrogens (tertiary/aromatic N) is 3. The van der Waals surface area contributed by atoms with E-state index in [1.54, 1.807) is 35.5 Å². The summed E-state index contributed by atoms with van der Waals surface area (Å²) in [5, 5.41) is 10.5. The molecule has 0 saturated carbocycles. The third-order valence-corrected chi connectivity index (χ3v) is 5.78. The van der Waals surface area contributed by atoms with E-state index in [-0.39, 0.29) is 23.7 Å². The third-order valence-electron chi connectivity index (χ3n) is 5.78. The van der Waals surface area contributed by atoms with Crippen molar-refractivity contribution < 1.29 is 14.0 Å². The van der Waals surface area contributed by atoms with Crippen molar-refractivity contribution >= 4 is 11.8 Å². The molecule has 0 spiro atoms. The number of hydrogen-bond acceptors (Lipinski definition) is 5. The van der Waals surface area contributed by atoms with E-state index in [0.717, 1.165) is 18.4 Å². The van der Waals surface area contributed by atoms with Gasteiger partial charge in [0.15, 0.2) is 0 Å². The Kier molecular flexibility index (Phi) is 6.10. The summed E-state index contributed by atoms with van der Waals surface area (Å²) in [6.45, 7) is 1.61.